The highest BCUT2D eigenvalue weighted by Gasteiger charge is 2.68. The van der Waals surface area contributed by atoms with E-state index in [1.165, 1.54) is 0 Å². The fourth-order valence-electron chi connectivity index (χ4n) is 0.483. The molecule has 0 aliphatic carbocycles. The van der Waals surface area contributed by atoms with Gasteiger partial charge in [-0.05, 0) is 0 Å². The van der Waals surface area contributed by atoms with E-state index in [0.29, 0.717) is 0 Å². The van der Waals surface area contributed by atoms with Crippen LogP contribution in [0, 0.1) is 0 Å². The van der Waals surface area contributed by atoms with Gasteiger partial charge in [0.15, 0.2) is 0 Å². The van der Waals surface area contributed by atoms with E-state index < -0.39 is 30.3 Å². The number of aliphatic hydroxyl groups excluding tert-OH is 1. The van der Waals surface area contributed by atoms with Crippen LogP contribution in [0.15, 0.2) is 0 Å². The van der Waals surface area contributed by atoms with Gasteiger partial charge in [-0.2, -0.15) is 17.6 Å². The average Bonchev–Trinajstić information content (AvgIpc) is 2.01. The second kappa shape index (κ2) is 3.64. The second-order valence-electron chi connectivity index (χ2n) is 2.29. The molecule has 0 amide bonds. The molecule has 0 heterocycles. The Morgan fingerprint density at radius 2 is 1.43 bits per heavy atom. The summed E-state index contributed by atoms with van der Waals surface area (Å²) in [5.41, 5.74) is 0. The van der Waals surface area contributed by atoms with E-state index >= 15 is 0 Å². The largest absolute Gasteiger partial charge is 0.479 e. The van der Waals surface area contributed by atoms with Crippen molar-refractivity contribution in [1.29, 1.82) is 0 Å². The smallest absolute Gasteiger partial charge is 0.372 e. The molecule has 2 N–H and O–H groups in total. The summed E-state index contributed by atoms with van der Waals surface area (Å²) in [6.07, 6.45) is -8.65. The van der Waals surface area contributed by atoms with Crippen LogP contribution in [-0.4, -0.2) is 40.6 Å². The lowest BCUT2D eigenvalue weighted by molar-refractivity contribution is -0.292. The maximum atomic E-state index is 12.2. The van der Waals surface area contributed by atoms with E-state index in [4.69, 9.17) is 10.2 Å². The number of carboxylic acid groups (broad SMARTS) is 1. The molecule has 14 heavy (non-hydrogen) atoms. The molecule has 0 aliphatic heterocycles. The van der Waals surface area contributed by atoms with Gasteiger partial charge in [-0.25, -0.2) is 13.6 Å². The van der Waals surface area contributed by atoms with Crippen molar-refractivity contribution in [1.82, 2.24) is 0 Å². The summed E-state index contributed by atoms with van der Waals surface area (Å²) in [5.74, 6) is -14.3. The molecule has 0 bridgehead atoms. The molecular weight excluding hydrogens is 222 g/mol. The predicted octanol–water partition coefficient (Wildman–Crippen LogP) is 0.968. The lowest BCUT2D eigenvalue weighted by Gasteiger charge is -2.27. The minimum absolute atomic E-state index is 2.71. The Labute approximate surface area is 72.9 Å². The van der Waals surface area contributed by atoms with Gasteiger partial charge in [0.1, 0.15) is 0 Å². The van der Waals surface area contributed by atoms with Crippen molar-refractivity contribution in [2.75, 3.05) is 0 Å². The summed E-state index contributed by atoms with van der Waals surface area (Å²) in [7, 11) is 0. The molecule has 3 nitrogen and oxygen atoms in total. The number of hydrogen-bond donors (Lipinski definition) is 2. The normalized spacial score (nSPS) is 15.7. The third kappa shape index (κ3) is 1.91. The third-order valence-corrected chi connectivity index (χ3v) is 1.30. The molecule has 84 valence electrons. The Kier molecular flexibility index (Phi) is 3.38. The molecule has 0 aromatic carbocycles. The highest BCUT2D eigenvalue weighted by atomic mass is 19.3. The van der Waals surface area contributed by atoms with Crippen molar-refractivity contribution in [3.05, 3.63) is 0 Å². The van der Waals surface area contributed by atoms with Crippen LogP contribution in [-0.2, 0) is 4.79 Å². The van der Waals surface area contributed by atoms with Gasteiger partial charge in [0, 0.05) is 0 Å². The number of alkyl halides is 6. The molecule has 0 aromatic rings. The first kappa shape index (κ1) is 13.0. The molecule has 0 saturated heterocycles. The Balaban J connectivity index is 5.03. The van der Waals surface area contributed by atoms with Crippen LogP contribution in [0.25, 0.3) is 0 Å². The quantitative estimate of drug-likeness (QED) is 0.702. The van der Waals surface area contributed by atoms with E-state index in [-0.39, 0.29) is 0 Å². The topological polar surface area (TPSA) is 57.5 Å². The van der Waals surface area contributed by atoms with E-state index in [1.54, 1.807) is 0 Å². The Bertz CT molecular complexity index is 228. The van der Waals surface area contributed by atoms with E-state index in [0.717, 1.165) is 0 Å². The highest BCUT2D eigenvalue weighted by Crippen LogP contribution is 2.41. The van der Waals surface area contributed by atoms with Crippen molar-refractivity contribution < 1.29 is 41.4 Å². The minimum Gasteiger partial charge on any atom is -0.479 e. The van der Waals surface area contributed by atoms with Crippen molar-refractivity contribution in [2.45, 2.75) is 24.4 Å². The van der Waals surface area contributed by atoms with Crippen LogP contribution in [0.1, 0.15) is 0 Å². The van der Waals surface area contributed by atoms with Gasteiger partial charge in [-0.15, -0.1) is 0 Å². The van der Waals surface area contributed by atoms with Gasteiger partial charge in [0.05, 0.1) is 0 Å². The Hall–Kier alpha value is -0.990. The average molecular weight is 226 g/mol. The van der Waals surface area contributed by atoms with E-state index in [2.05, 4.69) is 0 Å². The fraction of sp³-hybridized carbons (Fsp3) is 0.800. The number of carboxylic acids is 1. The Morgan fingerprint density at radius 3 is 1.64 bits per heavy atom. The number of hydrogen-bond acceptors (Lipinski definition) is 2. The van der Waals surface area contributed by atoms with Gasteiger partial charge >= 0.3 is 24.2 Å². The van der Waals surface area contributed by atoms with Crippen LogP contribution in [0.3, 0.4) is 0 Å². The highest BCUT2D eigenvalue weighted by molar-refractivity contribution is 5.73. The van der Waals surface area contributed by atoms with Crippen molar-refractivity contribution in [2.24, 2.45) is 0 Å². The summed E-state index contributed by atoms with van der Waals surface area (Å²) < 4.78 is 71.3. The Morgan fingerprint density at radius 1 is 1.07 bits per heavy atom. The standard InChI is InChI=1S/C5H4F6O3/c6-3(7)5(10,11)4(8,9)1(12)2(13)14/h1,3,12H,(H,13,14). The fourth-order valence-corrected chi connectivity index (χ4v) is 0.483. The van der Waals surface area contributed by atoms with Gasteiger partial charge < -0.3 is 10.2 Å². The maximum Gasteiger partial charge on any atom is 0.372 e. The summed E-state index contributed by atoms with van der Waals surface area (Å²) in [5, 5.41) is 15.8. The van der Waals surface area contributed by atoms with Crippen LogP contribution in [0.2, 0.25) is 0 Å². The van der Waals surface area contributed by atoms with Crippen LogP contribution in [0.4, 0.5) is 26.3 Å². The summed E-state index contributed by atoms with van der Waals surface area (Å²) in [6, 6.07) is 0. The molecule has 0 rings (SSSR count). The summed E-state index contributed by atoms with van der Waals surface area (Å²) >= 11 is 0. The molecule has 0 aliphatic rings. The molecule has 0 fully saturated rings. The molecule has 0 saturated carbocycles. The third-order valence-electron chi connectivity index (χ3n) is 1.30. The first-order valence-electron chi connectivity index (χ1n) is 2.99. The van der Waals surface area contributed by atoms with Crippen LogP contribution >= 0.6 is 0 Å². The zero-order chi connectivity index (χ0) is 11.7. The van der Waals surface area contributed by atoms with Crippen molar-refractivity contribution in [3.63, 3.8) is 0 Å². The lowest BCUT2D eigenvalue weighted by Crippen LogP contribution is -2.56. The number of rotatable bonds is 4. The zero-order valence-electron chi connectivity index (χ0n) is 6.23. The molecule has 0 aromatic heterocycles. The van der Waals surface area contributed by atoms with Gasteiger partial charge in [0.25, 0.3) is 0 Å². The number of halogens is 6. The number of aliphatic carboxylic acids is 1. The van der Waals surface area contributed by atoms with Gasteiger partial charge in [0.2, 0.25) is 6.10 Å². The molecule has 0 spiro atoms. The monoisotopic (exact) mass is 226 g/mol. The summed E-state index contributed by atoms with van der Waals surface area (Å²) in [6.45, 7) is 0. The molecule has 0 radical (unpaired) electrons. The SMILES string of the molecule is O=C(O)C(O)C(F)(F)C(F)(F)C(F)F. The number of carbonyl (C=O) groups is 1. The van der Waals surface area contributed by atoms with Crippen LogP contribution in [0.5, 0.6) is 0 Å². The van der Waals surface area contributed by atoms with E-state index in [1.807, 2.05) is 0 Å². The second-order valence-corrected chi connectivity index (χ2v) is 2.29. The van der Waals surface area contributed by atoms with Gasteiger partial charge in [-0.1, -0.05) is 0 Å². The maximum absolute atomic E-state index is 12.2. The molecular formula is C5H4F6O3. The van der Waals surface area contributed by atoms with E-state index in [9.17, 15) is 31.1 Å². The lowest BCUT2D eigenvalue weighted by atomic mass is 10.1. The van der Waals surface area contributed by atoms with Gasteiger partial charge in [-0.3, -0.25) is 0 Å². The molecule has 1 atom stereocenters. The first-order valence-corrected chi connectivity index (χ1v) is 2.99. The zero-order valence-corrected chi connectivity index (χ0v) is 6.23. The first-order chi connectivity index (χ1) is 6.05. The predicted molar refractivity (Wildman–Crippen MR) is 29.5 cm³/mol. The molecule has 9 heteroatoms. The van der Waals surface area contributed by atoms with Crippen molar-refractivity contribution in [3.8, 4) is 0 Å². The van der Waals surface area contributed by atoms with Crippen molar-refractivity contribution >= 4 is 5.97 Å². The van der Waals surface area contributed by atoms with Crippen LogP contribution < -0.4 is 0 Å². The minimum atomic E-state index is -5.90. The summed E-state index contributed by atoms with van der Waals surface area (Å²) in [4.78, 5) is 9.71. The molecule has 1 unspecified atom stereocenters. The number of aliphatic hydroxyl groups is 1.